The molecule has 2 nitrogen and oxygen atoms in total. The van der Waals surface area contributed by atoms with Gasteiger partial charge in [-0.25, -0.2) is 0 Å². The van der Waals surface area contributed by atoms with Crippen LogP contribution >= 0.6 is 0 Å². The monoisotopic (exact) mass is 192 g/mol. The van der Waals surface area contributed by atoms with Crippen molar-refractivity contribution in [3.8, 4) is 0 Å². The zero-order valence-corrected chi connectivity index (χ0v) is 8.59. The highest BCUT2D eigenvalue weighted by molar-refractivity contribution is 5.20. The van der Waals surface area contributed by atoms with Crippen LogP contribution in [0.15, 0.2) is 48.6 Å². The Balaban J connectivity index is 2.74. The van der Waals surface area contributed by atoms with Crippen molar-refractivity contribution in [1.29, 1.82) is 0 Å². The maximum atomic E-state index is 5.20. The number of ether oxygens (including phenoxy) is 2. The van der Waals surface area contributed by atoms with Gasteiger partial charge < -0.3 is 9.47 Å². The van der Waals surface area contributed by atoms with Crippen molar-refractivity contribution in [2.75, 3.05) is 14.2 Å². The van der Waals surface area contributed by atoms with Crippen molar-refractivity contribution in [1.82, 2.24) is 0 Å². The molecule has 0 aromatic rings. The molecule has 0 aromatic carbocycles. The molecule has 0 saturated heterocycles. The molecule has 0 aromatic heterocycles. The summed E-state index contributed by atoms with van der Waals surface area (Å²) < 4.78 is 10.4. The molecule has 0 aliphatic heterocycles. The minimum absolute atomic E-state index is 0.150. The second kappa shape index (κ2) is 6.35. The first-order valence-electron chi connectivity index (χ1n) is 4.62. The van der Waals surface area contributed by atoms with E-state index in [1.807, 2.05) is 36.5 Å². The summed E-state index contributed by atoms with van der Waals surface area (Å²) in [5.41, 5.74) is 0. The molecule has 1 rings (SSSR count). The third-order valence-corrected chi connectivity index (χ3v) is 2.00. The molecule has 0 spiro atoms. The second-order valence-electron chi connectivity index (χ2n) is 2.96. The number of hydrogen-bond acceptors (Lipinski definition) is 2. The Morgan fingerprint density at radius 3 is 1.64 bits per heavy atom. The van der Waals surface area contributed by atoms with E-state index >= 15 is 0 Å². The molecular weight excluding hydrogens is 176 g/mol. The van der Waals surface area contributed by atoms with E-state index in [1.165, 1.54) is 0 Å². The summed E-state index contributed by atoms with van der Waals surface area (Å²) in [5.74, 6) is 0.150. The van der Waals surface area contributed by atoms with Gasteiger partial charge in [0.25, 0.3) is 0 Å². The molecule has 0 N–H and O–H groups in total. The molecule has 0 bridgehead atoms. The standard InChI is InChI=1S/C12H16O2/c1-13-12(14-2)11-9-7-5-3-4-6-8-10-11/h3-12H,1-2H3/b5-3-,6-4+,9-7+,10-8-. The van der Waals surface area contributed by atoms with Gasteiger partial charge in [0.05, 0.1) is 0 Å². The van der Waals surface area contributed by atoms with Crippen molar-refractivity contribution >= 4 is 0 Å². The van der Waals surface area contributed by atoms with E-state index in [1.54, 1.807) is 14.2 Å². The van der Waals surface area contributed by atoms with Gasteiger partial charge in [0.15, 0.2) is 6.29 Å². The summed E-state index contributed by atoms with van der Waals surface area (Å²) >= 11 is 0. The van der Waals surface area contributed by atoms with Crippen LogP contribution in [0.2, 0.25) is 0 Å². The van der Waals surface area contributed by atoms with Crippen LogP contribution in [-0.4, -0.2) is 20.5 Å². The summed E-state index contributed by atoms with van der Waals surface area (Å²) in [6, 6.07) is 0. The fraction of sp³-hybridized carbons (Fsp3) is 0.333. The molecular formula is C12H16O2. The maximum Gasteiger partial charge on any atom is 0.166 e. The van der Waals surface area contributed by atoms with E-state index in [9.17, 15) is 0 Å². The highest BCUT2D eigenvalue weighted by atomic mass is 16.7. The summed E-state index contributed by atoms with van der Waals surface area (Å²) in [6.07, 6.45) is 15.8. The molecule has 0 heterocycles. The van der Waals surface area contributed by atoms with Crippen LogP contribution < -0.4 is 0 Å². The second-order valence-corrected chi connectivity index (χ2v) is 2.96. The van der Waals surface area contributed by atoms with Crippen LogP contribution in [0, 0.1) is 5.92 Å². The predicted octanol–water partition coefficient (Wildman–Crippen LogP) is 2.46. The Bertz CT molecular complexity index is 235. The fourth-order valence-electron chi connectivity index (χ4n) is 1.30. The van der Waals surface area contributed by atoms with E-state index < -0.39 is 0 Å². The Hall–Kier alpha value is -1.12. The Labute approximate surface area is 85.2 Å². The lowest BCUT2D eigenvalue weighted by atomic mass is 10.1. The highest BCUT2D eigenvalue weighted by Crippen LogP contribution is 2.13. The molecule has 0 radical (unpaired) electrons. The van der Waals surface area contributed by atoms with Crippen LogP contribution in [0.4, 0.5) is 0 Å². The van der Waals surface area contributed by atoms with Crippen molar-refractivity contribution in [2.24, 2.45) is 5.92 Å². The van der Waals surface area contributed by atoms with Crippen LogP contribution in [0.1, 0.15) is 0 Å². The molecule has 0 fully saturated rings. The zero-order chi connectivity index (χ0) is 10.2. The van der Waals surface area contributed by atoms with E-state index in [4.69, 9.17) is 9.47 Å². The van der Waals surface area contributed by atoms with Gasteiger partial charge in [-0.1, -0.05) is 48.6 Å². The SMILES string of the molecule is COC(OC)C1\C=C/C=C/C=C\C=C\1. The first kappa shape index (κ1) is 11.0. The average molecular weight is 192 g/mol. The van der Waals surface area contributed by atoms with Gasteiger partial charge in [0.1, 0.15) is 0 Å². The van der Waals surface area contributed by atoms with Crippen LogP contribution in [0.25, 0.3) is 0 Å². The van der Waals surface area contributed by atoms with Gasteiger partial charge >= 0.3 is 0 Å². The van der Waals surface area contributed by atoms with E-state index in [2.05, 4.69) is 12.2 Å². The van der Waals surface area contributed by atoms with Gasteiger partial charge in [-0.2, -0.15) is 0 Å². The van der Waals surface area contributed by atoms with E-state index in [0.717, 1.165) is 0 Å². The first-order chi connectivity index (χ1) is 6.88. The lowest BCUT2D eigenvalue weighted by Gasteiger charge is -2.18. The van der Waals surface area contributed by atoms with E-state index in [0.29, 0.717) is 0 Å². The Kier molecular flexibility index (Phi) is 4.97. The molecule has 1 atom stereocenters. The molecule has 1 aliphatic carbocycles. The number of rotatable bonds is 3. The van der Waals surface area contributed by atoms with Crippen molar-refractivity contribution in [3.63, 3.8) is 0 Å². The molecule has 2 heteroatoms. The lowest BCUT2D eigenvalue weighted by molar-refractivity contribution is -0.116. The smallest absolute Gasteiger partial charge is 0.166 e. The minimum atomic E-state index is -0.220. The summed E-state index contributed by atoms with van der Waals surface area (Å²) in [7, 11) is 3.29. The van der Waals surface area contributed by atoms with Crippen molar-refractivity contribution in [2.45, 2.75) is 6.29 Å². The maximum absolute atomic E-state index is 5.20. The largest absolute Gasteiger partial charge is 0.355 e. The van der Waals surface area contributed by atoms with Gasteiger partial charge in [-0.3, -0.25) is 0 Å². The van der Waals surface area contributed by atoms with Crippen LogP contribution in [-0.2, 0) is 9.47 Å². The van der Waals surface area contributed by atoms with Gasteiger partial charge in [-0.15, -0.1) is 0 Å². The van der Waals surface area contributed by atoms with Crippen LogP contribution in [0.3, 0.4) is 0 Å². The van der Waals surface area contributed by atoms with Crippen molar-refractivity contribution < 1.29 is 9.47 Å². The van der Waals surface area contributed by atoms with Crippen molar-refractivity contribution in [3.05, 3.63) is 48.6 Å². The molecule has 0 saturated carbocycles. The molecule has 1 aliphatic rings. The first-order valence-corrected chi connectivity index (χ1v) is 4.62. The average Bonchev–Trinajstić information content (AvgIpc) is 2.34. The third-order valence-electron chi connectivity index (χ3n) is 2.00. The third kappa shape index (κ3) is 3.32. The summed E-state index contributed by atoms with van der Waals surface area (Å²) in [6.45, 7) is 0. The fourth-order valence-corrected chi connectivity index (χ4v) is 1.30. The number of methoxy groups -OCH3 is 2. The van der Waals surface area contributed by atoms with E-state index in [-0.39, 0.29) is 12.2 Å². The lowest BCUT2D eigenvalue weighted by Crippen LogP contribution is -2.21. The number of allylic oxidation sites excluding steroid dienone is 6. The summed E-state index contributed by atoms with van der Waals surface area (Å²) in [5, 5.41) is 0. The predicted molar refractivity (Wildman–Crippen MR) is 57.9 cm³/mol. The molecule has 76 valence electrons. The van der Waals surface area contributed by atoms with Gasteiger partial charge in [0, 0.05) is 20.1 Å². The minimum Gasteiger partial charge on any atom is -0.355 e. The Morgan fingerprint density at radius 2 is 1.21 bits per heavy atom. The quantitative estimate of drug-likeness (QED) is 0.639. The number of hydrogen-bond donors (Lipinski definition) is 0. The highest BCUT2D eigenvalue weighted by Gasteiger charge is 2.14. The molecule has 14 heavy (non-hydrogen) atoms. The Morgan fingerprint density at radius 1 is 0.786 bits per heavy atom. The van der Waals surface area contributed by atoms with Crippen LogP contribution in [0.5, 0.6) is 0 Å². The van der Waals surface area contributed by atoms with Gasteiger partial charge in [-0.05, 0) is 0 Å². The van der Waals surface area contributed by atoms with Gasteiger partial charge in [0.2, 0.25) is 0 Å². The topological polar surface area (TPSA) is 18.5 Å². The summed E-state index contributed by atoms with van der Waals surface area (Å²) in [4.78, 5) is 0. The zero-order valence-electron chi connectivity index (χ0n) is 8.59. The molecule has 0 amide bonds. The normalized spacial score (nSPS) is 30.1. The molecule has 1 unspecified atom stereocenters.